The molecule has 0 saturated carbocycles. The fourth-order valence-electron chi connectivity index (χ4n) is 2.08. The number of rotatable bonds is 7. The number of hydrogen-bond acceptors (Lipinski definition) is 2. The molecule has 112 valence electrons. The Morgan fingerprint density at radius 3 is 2.71 bits per heavy atom. The molecule has 0 fully saturated rings. The molecule has 0 amide bonds. The molecule has 0 aliphatic heterocycles. The number of halogens is 2. The SMILES string of the molecule is CNCCCCOc1ccccc1-c1ccc(Br)c(F)c1. The number of nitrogens with one attached hydrogen (secondary N) is 1. The van der Waals surface area contributed by atoms with Crippen molar-refractivity contribution >= 4 is 15.9 Å². The summed E-state index contributed by atoms with van der Waals surface area (Å²) in [6.45, 7) is 1.65. The Labute approximate surface area is 133 Å². The van der Waals surface area contributed by atoms with Crippen LogP contribution in [0.5, 0.6) is 5.75 Å². The van der Waals surface area contributed by atoms with Gasteiger partial charge >= 0.3 is 0 Å². The van der Waals surface area contributed by atoms with Crippen LogP contribution in [0.15, 0.2) is 46.9 Å². The molecule has 0 atom stereocenters. The maximum Gasteiger partial charge on any atom is 0.137 e. The standard InChI is InChI=1S/C17H19BrFNO/c1-20-10-4-5-11-21-17-7-3-2-6-14(17)13-8-9-15(18)16(19)12-13/h2-3,6-9,12,20H,4-5,10-11H2,1H3. The van der Waals surface area contributed by atoms with Crippen LogP contribution in [0.4, 0.5) is 4.39 Å². The first-order valence-electron chi connectivity index (χ1n) is 7.04. The van der Waals surface area contributed by atoms with Gasteiger partial charge in [0.2, 0.25) is 0 Å². The van der Waals surface area contributed by atoms with Gasteiger partial charge in [-0.3, -0.25) is 0 Å². The summed E-state index contributed by atoms with van der Waals surface area (Å²) in [5, 5.41) is 3.11. The Kier molecular flexibility index (Phi) is 6.21. The Hall–Kier alpha value is -1.39. The Morgan fingerprint density at radius 2 is 1.95 bits per heavy atom. The second-order valence-electron chi connectivity index (χ2n) is 4.78. The normalized spacial score (nSPS) is 10.6. The first-order valence-corrected chi connectivity index (χ1v) is 7.83. The summed E-state index contributed by atoms with van der Waals surface area (Å²) in [6.07, 6.45) is 2.06. The highest BCUT2D eigenvalue weighted by molar-refractivity contribution is 9.10. The minimum Gasteiger partial charge on any atom is -0.493 e. The first kappa shape index (κ1) is 16.0. The van der Waals surface area contributed by atoms with Crippen LogP contribution < -0.4 is 10.1 Å². The van der Waals surface area contributed by atoms with Crippen LogP contribution in [0.2, 0.25) is 0 Å². The molecule has 2 aromatic carbocycles. The molecule has 1 N–H and O–H groups in total. The van der Waals surface area contributed by atoms with Gasteiger partial charge in [0.25, 0.3) is 0 Å². The van der Waals surface area contributed by atoms with E-state index in [2.05, 4.69) is 21.2 Å². The zero-order chi connectivity index (χ0) is 15.1. The van der Waals surface area contributed by atoms with E-state index in [4.69, 9.17) is 4.74 Å². The molecule has 0 bridgehead atoms. The van der Waals surface area contributed by atoms with E-state index in [1.807, 2.05) is 37.4 Å². The molecule has 4 heteroatoms. The molecule has 0 spiro atoms. The van der Waals surface area contributed by atoms with Gasteiger partial charge in [-0.15, -0.1) is 0 Å². The van der Waals surface area contributed by atoms with Gasteiger partial charge in [-0.1, -0.05) is 24.3 Å². The van der Waals surface area contributed by atoms with Crippen molar-refractivity contribution in [3.05, 3.63) is 52.8 Å². The van der Waals surface area contributed by atoms with Crippen molar-refractivity contribution < 1.29 is 9.13 Å². The number of para-hydroxylation sites is 1. The molecular weight excluding hydrogens is 333 g/mol. The molecule has 21 heavy (non-hydrogen) atoms. The minimum absolute atomic E-state index is 0.267. The van der Waals surface area contributed by atoms with Gasteiger partial charge in [0.05, 0.1) is 11.1 Å². The highest BCUT2D eigenvalue weighted by atomic mass is 79.9. The van der Waals surface area contributed by atoms with E-state index >= 15 is 0 Å². The fourth-order valence-corrected chi connectivity index (χ4v) is 2.33. The van der Waals surface area contributed by atoms with Crippen molar-refractivity contribution in [1.29, 1.82) is 0 Å². The molecule has 2 nitrogen and oxygen atoms in total. The lowest BCUT2D eigenvalue weighted by atomic mass is 10.0. The van der Waals surface area contributed by atoms with E-state index in [9.17, 15) is 4.39 Å². The van der Waals surface area contributed by atoms with Crippen molar-refractivity contribution in [2.75, 3.05) is 20.2 Å². The van der Waals surface area contributed by atoms with Crippen LogP contribution in [0, 0.1) is 5.82 Å². The van der Waals surface area contributed by atoms with Crippen molar-refractivity contribution in [1.82, 2.24) is 5.32 Å². The van der Waals surface area contributed by atoms with Crippen molar-refractivity contribution in [3.63, 3.8) is 0 Å². The molecular formula is C17H19BrFNO. The molecule has 0 aliphatic rings. The lowest BCUT2D eigenvalue weighted by Gasteiger charge is -2.12. The third-order valence-corrected chi connectivity index (χ3v) is 3.84. The summed E-state index contributed by atoms with van der Waals surface area (Å²) in [5.74, 6) is 0.528. The third-order valence-electron chi connectivity index (χ3n) is 3.20. The molecule has 0 saturated heterocycles. The summed E-state index contributed by atoms with van der Waals surface area (Å²) in [4.78, 5) is 0. The van der Waals surface area contributed by atoms with E-state index in [1.54, 1.807) is 6.07 Å². The van der Waals surface area contributed by atoms with E-state index in [0.29, 0.717) is 11.1 Å². The largest absolute Gasteiger partial charge is 0.493 e. The molecule has 0 heterocycles. The van der Waals surface area contributed by atoms with Crippen LogP contribution in [-0.2, 0) is 0 Å². The smallest absolute Gasteiger partial charge is 0.137 e. The summed E-state index contributed by atoms with van der Waals surface area (Å²) in [7, 11) is 1.94. The molecule has 2 aromatic rings. The third kappa shape index (κ3) is 4.55. The number of ether oxygens (including phenoxy) is 1. The number of unbranched alkanes of at least 4 members (excludes halogenated alkanes) is 1. The van der Waals surface area contributed by atoms with E-state index in [1.165, 1.54) is 6.07 Å². The summed E-state index contributed by atoms with van der Waals surface area (Å²) in [5.41, 5.74) is 1.74. The highest BCUT2D eigenvalue weighted by Gasteiger charge is 2.08. The maximum atomic E-state index is 13.7. The summed E-state index contributed by atoms with van der Waals surface area (Å²) < 4.78 is 20.0. The predicted molar refractivity (Wildman–Crippen MR) is 88.2 cm³/mol. The van der Waals surface area contributed by atoms with E-state index < -0.39 is 0 Å². The second kappa shape index (κ2) is 8.15. The van der Waals surface area contributed by atoms with Crippen molar-refractivity contribution in [2.45, 2.75) is 12.8 Å². The van der Waals surface area contributed by atoms with Crippen LogP contribution in [0.3, 0.4) is 0 Å². The molecule has 0 unspecified atom stereocenters. The first-order chi connectivity index (χ1) is 10.2. The second-order valence-corrected chi connectivity index (χ2v) is 5.64. The number of hydrogen-bond donors (Lipinski definition) is 1. The van der Waals surface area contributed by atoms with Crippen molar-refractivity contribution in [3.8, 4) is 16.9 Å². The summed E-state index contributed by atoms with van der Waals surface area (Å²) >= 11 is 3.17. The molecule has 0 aliphatic carbocycles. The van der Waals surface area contributed by atoms with Crippen molar-refractivity contribution in [2.24, 2.45) is 0 Å². The minimum atomic E-state index is -0.267. The highest BCUT2D eigenvalue weighted by Crippen LogP contribution is 2.31. The lowest BCUT2D eigenvalue weighted by molar-refractivity contribution is 0.307. The summed E-state index contributed by atoms with van der Waals surface area (Å²) in [6, 6.07) is 12.9. The topological polar surface area (TPSA) is 21.3 Å². The number of benzene rings is 2. The quantitative estimate of drug-likeness (QED) is 0.734. The average Bonchev–Trinajstić information content (AvgIpc) is 2.50. The van der Waals surface area contributed by atoms with Gasteiger partial charge in [-0.25, -0.2) is 4.39 Å². The van der Waals surface area contributed by atoms with Gasteiger partial charge in [0, 0.05) is 5.56 Å². The van der Waals surface area contributed by atoms with Crippen LogP contribution in [-0.4, -0.2) is 20.2 Å². The zero-order valence-electron chi connectivity index (χ0n) is 12.0. The molecule has 2 rings (SSSR count). The zero-order valence-corrected chi connectivity index (χ0v) is 13.6. The average molecular weight is 352 g/mol. The molecule has 0 aromatic heterocycles. The Balaban J connectivity index is 2.11. The van der Waals surface area contributed by atoms with Gasteiger partial charge < -0.3 is 10.1 Å². The van der Waals surface area contributed by atoms with Crippen LogP contribution >= 0.6 is 15.9 Å². The monoisotopic (exact) mass is 351 g/mol. The predicted octanol–water partition coefficient (Wildman–Crippen LogP) is 4.63. The Bertz CT molecular complexity index is 589. The fraction of sp³-hybridized carbons (Fsp3) is 0.294. The van der Waals surface area contributed by atoms with Crippen LogP contribution in [0.1, 0.15) is 12.8 Å². The Morgan fingerprint density at radius 1 is 1.14 bits per heavy atom. The van der Waals surface area contributed by atoms with E-state index in [-0.39, 0.29) is 5.82 Å². The van der Waals surface area contributed by atoms with E-state index in [0.717, 1.165) is 36.3 Å². The maximum absolute atomic E-state index is 13.7. The van der Waals surface area contributed by atoms with Gasteiger partial charge in [0.1, 0.15) is 11.6 Å². The van der Waals surface area contributed by atoms with Crippen LogP contribution in [0.25, 0.3) is 11.1 Å². The molecule has 0 radical (unpaired) electrons. The lowest BCUT2D eigenvalue weighted by Crippen LogP contribution is -2.09. The van der Waals surface area contributed by atoms with Gasteiger partial charge in [0.15, 0.2) is 0 Å². The van der Waals surface area contributed by atoms with Gasteiger partial charge in [-0.05, 0) is 66.1 Å². The van der Waals surface area contributed by atoms with Gasteiger partial charge in [-0.2, -0.15) is 0 Å².